The van der Waals surface area contributed by atoms with Gasteiger partial charge in [-0.05, 0) is 61.9 Å². The molecule has 0 bridgehead atoms. The highest BCUT2D eigenvalue weighted by atomic mass is 32.1. The van der Waals surface area contributed by atoms with Crippen LogP contribution in [0.15, 0.2) is 36.4 Å². The first-order valence-corrected chi connectivity index (χ1v) is 15.2. The van der Waals surface area contributed by atoms with E-state index in [0.29, 0.717) is 17.7 Å². The second kappa shape index (κ2) is 16.3. The minimum absolute atomic E-state index is 0.0832. The topological polar surface area (TPSA) is 168 Å². The molecule has 1 aromatic heterocycles. The lowest BCUT2D eigenvalue weighted by Gasteiger charge is -2.25. The van der Waals surface area contributed by atoms with Gasteiger partial charge in [0.2, 0.25) is 5.91 Å². The first-order chi connectivity index (χ1) is 19.7. The second-order valence-electron chi connectivity index (χ2n) is 10.6. The monoisotopic (exact) mass is 593 g/mol. The fourth-order valence-corrected chi connectivity index (χ4v) is 5.95. The van der Waals surface area contributed by atoms with Gasteiger partial charge in [0, 0.05) is 23.0 Å². The van der Waals surface area contributed by atoms with Crippen LogP contribution in [0, 0.1) is 0 Å². The van der Waals surface area contributed by atoms with Crippen molar-refractivity contribution in [3.05, 3.63) is 51.7 Å². The van der Waals surface area contributed by atoms with Gasteiger partial charge in [-0.1, -0.05) is 38.3 Å². The van der Waals surface area contributed by atoms with Crippen LogP contribution in [0.3, 0.4) is 0 Å². The number of aryl methyl sites for hydroxylation is 1. The van der Waals surface area contributed by atoms with Crippen LogP contribution in [0.1, 0.15) is 84.5 Å². The molecule has 0 radical (unpaired) electrons. The van der Waals surface area contributed by atoms with E-state index in [4.69, 9.17) is 9.84 Å². The largest absolute Gasteiger partial charge is 0.459 e. The maximum Gasteiger partial charge on any atom is 0.348 e. The highest BCUT2D eigenvalue weighted by molar-refractivity contribution is 7.13. The van der Waals surface area contributed by atoms with E-state index in [1.54, 1.807) is 6.07 Å². The van der Waals surface area contributed by atoms with Gasteiger partial charge in [0.15, 0.2) is 0 Å². The number of anilines is 1. The van der Waals surface area contributed by atoms with Crippen LogP contribution in [-0.2, 0) is 16.0 Å². The van der Waals surface area contributed by atoms with Gasteiger partial charge in [-0.15, -0.1) is 11.3 Å². The van der Waals surface area contributed by atoms with Crippen LogP contribution >= 0.6 is 11.3 Å². The molecule has 0 unspecified atom stereocenters. The highest BCUT2D eigenvalue weighted by Gasteiger charge is 2.32. The van der Waals surface area contributed by atoms with Crippen molar-refractivity contribution in [2.24, 2.45) is 0 Å². The molecule has 10 nitrogen and oxygen atoms in total. The maximum absolute atomic E-state index is 12.7. The van der Waals surface area contributed by atoms with Crippen LogP contribution in [-0.4, -0.2) is 86.2 Å². The number of unbranched alkanes of at least 4 members (excludes halogenated alkanes) is 2. The van der Waals surface area contributed by atoms with Gasteiger partial charge < -0.3 is 40.3 Å². The molecule has 0 saturated carbocycles. The predicted molar refractivity (Wildman–Crippen MR) is 155 cm³/mol. The molecular weight excluding hydrogens is 550 g/mol. The average molecular weight is 594 g/mol. The molecule has 1 saturated heterocycles. The van der Waals surface area contributed by atoms with Gasteiger partial charge in [-0.25, -0.2) is 4.79 Å². The molecule has 6 atom stereocenters. The van der Waals surface area contributed by atoms with Crippen molar-refractivity contribution in [1.29, 1.82) is 0 Å². The zero-order valence-electron chi connectivity index (χ0n) is 23.5. The number of hydrogen-bond acceptors (Lipinski definition) is 10. The fourth-order valence-electron chi connectivity index (χ4n) is 5.01. The first kappa shape index (κ1) is 33.1. The number of aliphatic hydroxyl groups is 6. The Morgan fingerprint density at radius 1 is 1.00 bits per heavy atom. The van der Waals surface area contributed by atoms with E-state index in [1.165, 1.54) is 11.3 Å². The van der Waals surface area contributed by atoms with E-state index in [0.717, 1.165) is 61.1 Å². The van der Waals surface area contributed by atoms with Crippen molar-refractivity contribution in [2.45, 2.75) is 101 Å². The number of ether oxygens (including phenoxy) is 1. The van der Waals surface area contributed by atoms with Crippen LogP contribution < -0.4 is 4.90 Å². The minimum atomic E-state index is -1.80. The molecule has 1 aliphatic heterocycles. The number of hydrogen-bond donors (Lipinski definition) is 6. The normalized spacial score (nSPS) is 19.1. The van der Waals surface area contributed by atoms with Crippen molar-refractivity contribution in [1.82, 2.24) is 0 Å². The third kappa shape index (κ3) is 9.31. The molecule has 41 heavy (non-hydrogen) atoms. The SMILES string of the molecule is CCCCC[C@H](O)c1ccc(N2C(=O)CC[C@@H]2CCCc2ccc(C(=O)OC[C@@H](O)[C@H](O)[C@H](O)[C@@H](O)CO)s2)cc1. The van der Waals surface area contributed by atoms with Crippen molar-refractivity contribution >= 4 is 28.9 Å². The molecule has 1 aliphatic rings. The number of nitrogens with zero attached hydrogens (tertiary/aromatic N) is 1. The summed E-state index contributed by atoms with van der Waals surface area (Å²) < 4.78 is 5.04. The van der Waals surface area contributed by atoms with Crippen molar-refractivity contribution in [2.75, 3.05) is 18.1 Å². The lowest BCUT2D eigenvalue weighted by atomic mass is 10.0. The van der Waals surface area contributed by atoms with Gasteiger partial charge in [0.05, 0.1) is 12.7 Å². The minimum Gasteiger partial charge on any atom is -0.459 e. The highest BCUT2D eigenvalue weighted by Crippen LogP contribution is 2.31. The van der Waals surface area contributed by atoms with Crippen molar-refractivity contribution < 1.29 is 45.0 Å². The molecule has 2 aromatic rings. The molecule has 0 spiro atoms. The Balaban J connectivity index is 1.47. The van der Waals surface area contributed by atoms with Crippen molar-refractivity contribution in [3.63, 3.8) is 0 Å². The number of esters is 1. The van der Waals surface area contributed by atoms with Gasteiger partial charge >= 0.3 is 5.97 Å². The first-order valence-electron chi connectivity index (χ1n) is 14.3. The van der Waals surface area contributed by atoms with E-state index < -0.39 is 49.7 Å². The zero-order chi connectivity index (χ0) is 29.9. The number of benzene rings is 1. The summed E-state index contributed by atoms with van der Waals surface area (Å²) in [5, 5.41) is 58.1. The van der Waals surface area contributed by atoms with E-state index in [9.17, 15) is 35.1 Å². The van der Waals surface area contributed by atoms with E-state index in [-0.39, 0.29) is 11.9 Å². The Labute approximate surface area is 244 Å². The second-order valence-corrected chi connectivity index (χ2v) is 11.8. The summed E-state index contributed by atoms with van der Waals surface area (Å²) in [5.74, 6) is -0.589. The number of amides is 1. The summed E-state index contributed by atoms with van der Waals surface area (Å²) >= 11 is 1.26. The van der Waals surface area contributed by atoms with Crippen LogP contribution in [0.4, 0.5) is 5.69 Å². The Bertz CT molecular complexity index is 1090. The lowest BCUT2D eigenvalue weighted by molar-refractivity contribution is -0.124. The Morgan fingerprint density at radius 2 is 1.71 bits per heavy atom. The molecule has 1 amide bonds. The lowest BCUT2D eigenvalue weighted by Crippen LogP contribution is -2.47. The summed E-state index contributed by atoms with van der Waals surface area (Å²) in [5.41, 5.74) is 1.71. The van der Waals surface area contributed by atoms with Crippen LogP contribution in [0.25, 0.3) is 0 Å². The van der Waals surface area contributed by atoms with Crippen LogP contribution in [0.5, 0.6) is 0 Å². The standard InChI is InChI=1S/C30H43NO9S/c1-2-3-4-8-23(33)19-9-11-21(12-10-19)31-20(13-16-27(31)36)6-5-7-22-14-15-26(41-22)30(39)40-18-25(35)29(38)28(37)24(34)17-32/h9-12,14-15,20,23-25,28-29,32-35,37-38H,2-8,13,16-18H2,1H3/t20-,23-,24-,25+,28+,29-/m0/s1. The molecule has 1 fully saturated rings. The zero-order valence-corrected chi connectivity index (χ0v) is 24.3. The van der Waals surface area contributed by atoms with Gasteiger partial charge in [0.1, 0.15) is 35.9 Å². The quantitative estimate of drug-likeness (QED) is 0.119. The number of carbonyl (C=O) groups excluding carboxylic acids is 2. The van der Waals surface area contributed by atoms with Gasteiger partial charge in [-0.3, -0.25) is 4.79 Å². The molecular formula is C30H43NO9S. The van der Waals surface area contributed by atoms with E-state index in [1.807, 2.05) is 35.2 Å². The average Bonchev–Trinajstić information content (AvgIpc) is 3.61. The maximum atomic E-state index is 12.7. The molecule has 6 N–H and O–H groups in total. The van der Waals surface area contributed by atoms with Crippen molar-refractivity contribution in [3.8, 4) is 0 Å². The summed E-state index contributed by atoms with van der Waals surface area (Å²) in [6.45, 7) is 0.745. The summed E-state index contributed by atoms with van der Waals surface area (Å²) in [6.07, 6.45) is 0.152. The Hall–Kier alpha value is -2.38. The number of carbonyl (C=O) groups is 2. The Kier molecular flexibility index (Phi) is 13.2. The van der Waals surface area contributed by atoms with Gasteiger partial charge in [-0.2, -0.15) is 0 Å². The van der Waals surface area contributed by atoms with E-state index >= 15 is 0 Å². The third-order valence-electron chi connectivity index (χ3n) is 7.50. The molecule has 3 rings (SSSR count). The van der Waals surface area contributed by atoms with Crippen LogP contribution in [0.2, 0.25) is 0 Å². The molecule has 2 heterocycles. The summed E-state index contributed by atoms with van der Waals surface area (Å²) in [6, 6.07) is 11.2. The van der Waals surface area contributed by atoms with Gasteiger partial charge in [0.25, 0.3) is 0 Å². The van der Waals surface area contributed by atoms with E-state index in [2.05, 4.69) is 6.92 Å². The predicted octanol–water partition coefficient (Wildman–Crippen LogP) is 2.47. The molecule has 228 valence electrons. The number of thiophene rings is 1. The smallest absolute Gasteiger partial charge is 0.348 e. The molecule has 11 heteroatoms. The fraction of sp³-hybridized carbons (Fsp3) is 0.600. The number of aliphatic hydroxyl groups excluding tert-OH is 6. The third-order valence-corrected chi connectivity index (χ3v) is 8.62. The number of rotatable bonds is 17. The summed E-state index contributed by atoms with van der Waals surface area (Å²) in [7, 11) is 0. The molecule has 0 aliphatic carbocycles. The Morgan fingerprint density at radius 3 is 2.39 bits per heavy atom. The summed E-state index contributed by atoms with van der Waals surface area (Å²) in [4.78, 5) is 28.2. The molecule has 1 aromatic carbocycles.